The SMILES string of the molecule is CC(C)(C)OC(=O)N1C[C@@H]2C[C@H]1CN2S(=O)(=O)c1c(Cl)ccc(NC(=O)Nc2cccc(F)c2Cl)c1O. The van der Waals surface area contributed by atoms with Crippen molar-refractivity contribution in [3.8, 4) is 5.75 Å². The molecule has 2 bridgehead atoms. The number of benzene rings is 2. The fourth-order valence-electron chi connectivity index (χ4n) is 4.36. The lowest BCUT2D eigenvalue weighted by Gasteiger charge is -2.34. The van der Waals surface area contributed by atoms with Crippen molar-refractivity contribution in [1.82, 2.24) is 9.21 Å². The molecule has 14 heteroatoms. The van der Waals surface area contributed by atoms with Crippen molar-refractivity contribution in [2.75, 3.05) is 23.7 Å². The van der Waals surface area contributed by atoms with E-state index in [4.69, 9.17) is 27.9 Å². The minimum Gasteiger partial charge on any atom is -0.504 e. The zero-order valence-corrected chi connectivity index (χ0v) is 22.4. The molecule has 2 aliphatic rings. The van der Waals surface area contributed by atoms with E-state index in [9.17, 15) is 27.5 Å². The molecule has 0 aromatic heterocycles. The molecule has 0 radical (unpaired) electrons. The molecule has 2 atom stereocenters. The Labute approximate surface area is 223 Å². The highest BCUT2D eigenvalue weighted by Crippen LogP contribution is 2.42. The van der Waals surface area contributed by atoms with Crippen LogP contribution < -0.4 is 10.6 Å². The van der Waals surface area contributed by atoms with Crippen LogP contribution in [-0.4, -0.2) is 65.6 Å². The Balaban J connectivity index is 1.53. The number of anilines is 2. The number of urea groups is 1. The molecule has 37 heavy (non-hydrogen) atoms. The predicted molar refractivity (Wildman–Crippen MR) is 136 cm³/mol. The van der Waals surface area contributed by atoms with Crippen LogP contribution in [0.25, 0.3) is 0 Å². The van der Waals surface area contributed by atoms with Gasteiger partial charge in [0.2, 0.25) is 10.0 Å². The molecule has 3 N–H and O–H groups in total. The summed E-state index contributed by atoms with van der Waals surface area (Å²) < 4.78 is 47.3. The summed E-state index contributed by atoms with van der Waals surface area (Å²) in [7, 11) is -4.31. The number of phenolic OH excluding ortho intramolecular Hbond substituents is 1. The zero-order valence-electron chi connectivity index (χ0n) is 20.1. The Morgan fingerprint density at radius 3 is 2.38 bits per heavy atom. The second-order valence-corrected chi connectivity index (χ2v) is 12.3. The van der Waals surface area contributed by atoms with E-state index in [1.54, 1.807) is 20.8 Å². The average Bonchev–Trinajstić information content (AvgIpc) is 3.39. The van der Waals surface area contributed by atoms with Crippen LogP contribution in [0.15, 0.2) is 35.2 Å². The summed E-state index contributed by atoms with van der Waals surface area (Å²) in [4.78, 5) is 25.9. The third-order valence-corrected chi connectivity index (χ3v) is 8.72. The van der Waals surface area contributed by atoms with Crippen molar-refractivity contribution < 1.29 is 32.2 Å². The number of rotatable bonds is 4. The third kappa shape index (κ3) is 5.42. The molecule has 3 amide bonds. The molecule has 0 saturated carbocycles. The van der Waals surface area contributed by atoms with Crippen LogP contribution in [0.2, 0.25) is 10.0 Å². The van der Waals surface area contributed by atoms with E-state index in [1.165, 1.54) is 33.5 Å². The van der Waals surface area contributed by atoms with Gasteiger partial charge in [-0.2, -0.15) is 4.31 Å². The average molecular weight is 575 g/mol. The van der Waals surface area contributed by atoms with Gasteiger partial charge in [-0.25, -0.2) is 22.4 Å². The van der Waals surface area contributed by atoms with Crippen molar-refractivity contribution in [3.05, 3.63) is 46.2 Å². The summed E-state index contributed by atoms with van der Waals surface area (Å²) in [5, 5.41) is 14.9. The molecule has 4 rings (SSSR count). The number of halogens is 3. The summed E-state index contributed by atoms with van der Waals surface area (Å²) in [5.41, 5.74) is -0.958. The van der Waals surface area contributed by atoms with E-state index < -0.39 is 56.3 Å². The molecular weight excluding hydrogens is 550 g/mol. The molecule has 10 nitrogen and oxygen atoms in total. The first kappa shape index (κ1) is 27.2. The maximum absolute atomic E-state index is 13.6. The van der Waals surface area contributed by atoms with E-state index in [0.717, 1.165) is 6.07 Å². The molecule has 2 aromatic rings. The van der Waals surface area contributed by atoms with E-state index >= 15 is 0 Å². The number of fused-ring (bicyclic) bond motifs is 2. The number of nitrogens with one attached hydrogen (secondary N) is 2. The number of aromatic hydroxyl groups is 1. The van der Waals surface area contributed by atoms with Gasteiger partial charge in [-0.05, 0) is 51.5 Å². The number of carbonyl (C=O) groups is 2. The number of sulfonamides is 1. The summed E-state index contributed by atoms with van der Waals surface area (Å²) in [6.45, 7) is 5.36. The number of piperazine rings is 1. The number of phenols is 1. The summed E-state index contributed by atoms with van der Waals surface area (Å²) >= 11 is 12.0. The summed E-state index contributed by atoms with van der Waals surface area (Å²) in [6, 6.07) is 4.45. The molecule has 2 fully saturated rings. The minimum atomic E-state index is -4.31. The van der Waals surface area contributed by atoms with Gasteiger partial charge in [-0.3, -0.25) is 0 Å². The van der Waals surface area contributed by atoms with Gasteiger partial charge >= 0.3 is 12.1 Å². The molecule has 2 saturated heterocycles. The summed E-state index contributed by atoms with van der Waals surface area (Å²) in [6.07, 6.45) is -0.112. The molecule has 2 aliphatic heterocycles. The van der Waals surface area contributed by atoms with Gasteiger partial charge in [0, 0.05) is 19.1 Å². The van der Waals surface area contributed by atoms with E-state index in [-0.39, 0.29) is 34.5 Å². The highest BCUT2D eigenvalue weighted by atomic mass is 35.5. The fourth-order valence-corrected chi connectivity index (χ4v) is 6.79. The lowest BCUT2D eigenvalue weighted by atomic mass is 10.2. The van der Waals surface area contributed by atoms with Crippen molar-refractivity contribution in [3.63, 3.8) is 0 Å². The van der Waals surface area contributed by atoms with E-state index in [0.29, 0.717) is 6.42 Å². The number of likely N-dealkylation sites (tertiary alicyclic amines) is 1. The molecule has 0 aliphatic carbocycles. The topological polar surface area (TPSA) is 128 Å². The molecule has 0 spiro atoms. The molecular formula is C23H25Cl2FN4O6S. The van der Waals surface area contributed by atoms with Gasteiger partial charge in [-0.1, -0.05) is 29.3 Å². The van der Waals surface area contributed by atoms with Crippen LogP contribution in [-0.2, 0) is 14.8 Å². The Bertz CT molecular complexity index is 1370. The Hall–Kier alpha value is -2.80. The standard InChI is InChI=1S/C23H25Cl2FN4O6S/c1-23(2,3)36-22(33)29-10-13-9-12(29)11-30(13)37(34,35)20-14(24)7-8-17(19(20)31)28-21(32)27-16-6-4-5-15(26)18(16)25/h4-8,12-13,31H,9-11H2,1-3H3,(H2,27,28,32)/t12-,13-/m0/s1. The van der Waals surface area contributed by atoms with Gasteiger partial charge < -0.3 is 25.4 Å². The zero-order chi connectivity index (χ0) is 27.3. The molecule has 2 heterocycles. The first-order chi connectivity index (χ1) is 17.2. The second kappa shape index (κ2) is 9.82. The molecule has 2 aromatic carbocycles. The first-order valence-electron chi connectivity index (χ1n) is 11.2. The van der Waals surface area contributed by atoms with Crippen LogP contribution in [0, 0.1) is 5.82 Å². The lowest BCUT2D eigenvalue weighted by Crippen LogP contribution is -2.51. The van der Waals surface area contributed by atoms with Crippen molar-refractivity contribution in [2.24, 2.45) is 0 Å². The largest absolute Gasteiger partial charge is 0.504 e. The lowest BCUT2D eigenvalue weighted by molar-refractivity contribution is 0.0172. The number of hydrogen-bond acceptors (Lipinski definition) is 6. The van der Waals surface area contributed by atoms with Crippen LogP contribution in [0.4, 0.5) is 25.4 Å². The predicted octanol–water partition coefficient (Wildman–Crippen LogP) is 4.86. The van der Waals surface area contributed by atoms with Gasteiger partial charge in [0.25, 0.3) is 0 Å². The Morgan fingerprint density at radius 1 is 1.08 bits per heavy atom. The van der Waals surface area contributed by atoms with Crippen molar-refractivity contribution >= 4 is 56.7 Å². The minimum absolute atomic E-state index is 0.00176. The number of hydrogen-bond donors (Lipinski definition) is 3. The maximum Gasteiger partial charge on any atom is 0.410 e. The third-order valence-electron chi connectivity index (χ3n) is 5.92. The second-order valence-electron chi connectivity index (χ2n) is 9.70. The van der Waals surface area contributed by atoms with Crippen molar-refractivity contribution in [1.29, 1.82) is 0 Å². The number of nitrogens with zero attached hydrogens (tertiary/aromatic N) is 2. The van der Waals surface area contributed by atoms with Gasteiger partial charge in [0.1, 0.15) is 16.3 Å². The van der Waals surface area contributed by atoms with Crippen LogP contribution >= 0.6 is 23.2 Å². The quantitative estimate of drug-likeness (QED) is 0.447. The fraction of sp³-hybridized carbons (Fsp3) is 0.391. The maximum atomic E-state index is 13.6. The number of ether oxygens (including phenoxy) is 1. The Kier molecular flexibility index (Phi) is 7.23. The highest BCUT2D eigenvalue weighted by Gasteiger charge is 2.51. The Morgan fingerprint density at radius 2 is 1.76 bits per heavy atom. The summed E-state index contributed by atoms with van der Waals surface area (Å²) in [5.74, 6) is -1.51. The van der Waals surface area contributed by atoms with Gasteiger partial charge in [0.15, 0.2) is 5.75 Å². The smallest absolute Gasteiger partial charge is 0.410 e. The van der Waals surface area contributed by atoms with Crippen LogP contribution in [0.1, 0.15) is 27.2 Å². The first-order valence-corrected chi connectivity index (χ1v) is 13.4. The van der Waals surface area contributed by atoms with E-state index in [2.05, 4.69) is 10.6 Å². The van der Waals surface area contributed by atoms with E-state index in [1.807, 2.05) is 0 Å². The normalized spacial score (nSPS) is 19.7. The van der Waals surface area contributed by atoms with Crippen LogP contribution in [0.3, 0.4) is 0 Å². The van der Waals surface area contributed by atoms with Crippen LogP contribution in [0.5, 0.6) is 5.75 Å². The number of amides is 3. The van der Waals surface area contributed by atoms with Gasteiger partial charge in [-0.15, -0.1) is 0 Å². The van der Waals surface area contributed by atoms with Gasteiger partial charge in [0.05, 0.1) is 27.5 Å². The highest BCUT2D eigenvalue weighted by molar-refractivity contribution is 7.89. The van der Waals surface area contributed by atoms with Crippen molar-refractivity contribution in [2.45, 2.75) is 49.8 Å². The molecule has 200 valence electrons. The monoisotopic (exact) mass is 574 g/mol. The number of carbonyl (C=O) groups excluding carboxylic acids is 2. The molecule has 0 unspecified atom stereocenters.